The second kappa shape index (κ2) is 7.13. The largest absolute Gasteiger partial charge is 0.477 e. The van der Waals surface area contributed by atoms with Gasteiger partial charge in [-0.05, 0) is 72.2 Å². The van der Waals surface area contributed by atoms with Crippen molar-refractivity contribution in [3.8, 4) is 11.1 Å². The lowest BCUT2D eigenvalue weighted by molar-refractivity contribution is 0.0694. The molecule has 0 spiro atoms. The van der Waals surface area contributed by atoms with Crippen molar-refractivity contribution < 1.29 is 9.90 Å². The molecular formula is C22H23N3O3. The van der Waals surface area contributed by atoms with Crippen LogP contribution in [0.25, 0.3) is 16.6 Å². The van der Waals surface area contributed by atoms with Crippen molar-refractivity contribution >= 4 is 17.2 Å². The van der Waals surface area contributed by atoms with E-state index in [1.165, 1.54) is 4.40 Å². The Labute approximate surface area is 162 Å². The van der Waals surface area contributed by atoms with Crippen molar-refractivity contribution in [2.45, 2.75) is 25.7 Å². The zero-order valence-electron chi connectivity index (χ0n) is 15.7. The van der Waals surface area contributed by atoms with E-state index < -0.39 is 11.5 Å². The van der Waals surface area contributed by atoms with Crippen molar-refractivity contribution in [3.63, 3.8) is 0 Å². The first-order chi connectivity index (χ1) is 13.5. The van der Waals surface area contributed by atoms with Gasteiger partial charge in [-0.2, -0.15) is 0 Å². The van der Waals surface area contributed by atoms with Crippen molar-refractivity contribution in [1.82, 2.24) is 4.40 Å². The molecule has 0 atom stereocenters. The fourth-order valence-electron chi connectivity index (χ4n) is 3.75. The van der Waals surface area contributed by atoms with Gasteiger partial charge >= 0.3 is 5.97 Å². The highest BCUT2D eigenvalue weighted by Crippen LogP contribution is 2.43. The number of aryl methyl sites for hydroxylation is 1. The SMILES string of the molecule is Cc1c(-c2ccc(NCCN)cc2)ccn2c(=O)c(C(=O)O)cc(C3CC3)c12. The van der Waals surface area contributed by atoms with Crippen LogP contribution in [0.1, 0.15) is 40.2 Å². The lowest BCUT2D eigenvalue weighted by atomic mass is 9.96. The minimum Gasteiger partial charge on any atom is -0.477 e. The molecule has 0 radical (unpaired) electrons. The van der Waals surface area contributed by atoms with Crippen molar-refractivity contribution in [1.29, 1.82) is 0 Å². The molecule has 2 aromatic heterocycles. The van der Waals surface area contributed by atoms with Gasteiger partial charge in [-0.3, -0.25) is 9.20 Å². The number of benzene rings is 1. The predicted octanol–water partition coefficient (Wildman–Crippen LogP) is 3.22. The number of hydrogen-bond donors (Lipinski definition) is 3. The molecule has 0 unspecified atom stereocenters. The van der Waals surface area contributed by atoms with Crippen LogP contribution >= 0.6 is 0 Å². The van der Waals surface area contributed by atoms with Gasteiger partial charge in [-0.25, -0.2) is 4.79 Å². The van der Waals surface area contributed by atoms with E-state index in [1.54, 1.807) is 12.3 Å². The molecular weight excluding hydrogens is 354 g/mol. The molecule has 3 aromatic rings. The lowest BCUT2D eigenvalue weighted by Crippen LogP contribution is -2.23. The molecule has 1 aliphatic carbocycles. The number of nitrogens with two attached hydrogens (primary N) is 1. The zero-order chi connectivity index (χ0) is 19.8. The van der Waals surface area contributed by atoms with Gasteiger partial charge in [0.05, 0.1) is 5.52 Å². The second-order valence-electron chi connectivity index (χ2n) is 7.26. The number of carboxylic acid groups (broad SMARTS) is 1. The molecule has 4 rings (SSSR count). The summed E-state index contributed by atoms with van der Waals surface area (Å²) in [5, 5.41) is 12.7. The molecule has 0 saturated heterocycles. The summed E-state index contributed by atoms with van der Waals surface area (Å²) in [6.07, 6.45) is 3.75. The fraction of sp³-hybridized carbons (Fsp3) is 0.273. The first kappa shape index (κ1) is 18.3. The van der Waals surface area contributed by atoms with Crippen molar-refractivity contribution in [2.24, 2.45) is 5.73 Å². The van der Waals surface area contributed by atoms with Crippen LogP contribution in [0.4, 0.5) is 5.69 Å². The summed E-state index contributed by atoms with van der Waals surface area (Å²) in [7, 11) is 0. The van der Waals surface area contributed by atoms with Gasteiger partial charge in [-0.1, -0.05) is 12.1 Å². The highest BCUT2D eigenvalue weighted by molar-refractivity contribution is 5.89. The first-order valence-corrected chi connectivity index (χ1v) is 9.47. The highest BCUT2D eigenvalue weighted by atomic mass is 16.4. The highest BCUT2D eigenvalue weighted by Gasteiger charge is 2.29. The molecule has 1 saturated carbocycles. The molecule has 2 heterocycles. The van der Waals surface area contributed by atoms with Crippen LogP contribution in [0.15, 0.2) is 47.4 Å². The Morgan fingerprint density at radius 1 is 1.25 bits per heavy atom. The van der Waals surface area contributed by atoms with Gasteiger partial charge in [0.15, 0.2) is 0 Å². The number of pyridine rings is 2. The number of fused-ring (bicyclic) bond motifs is 1. The lowest BCUT2D eigenvalue weighted by Gasteiger charge is -2.15. The van der Waals surface area contributed by atoms with Crippen LogP contribution in [-0.4, -0.2) is 28.6 Å². The molecule has 144 valence electrons. The van der Waals surface area contributed by atoms with E-state index in [9.17, 15) is 14.7 Å². The van der Waals surface area contributed by atoms with E-state index >= 15 is 0 Å². The van der Waals surface area contributed by atoms with Gasteiger partial charge in [-0.15, -0.1) is 0 Å². The summed E-state index contributed by atoms with van der Waals surface area (Å²) in [6.45, 7) is 3.29. The second-order valence-corrected chi connectivity index (χ2v) is 7.26. The Hall–Kier alpha value is -3.12. The maximum Gasteiger partial charge on any atom is 0.341 e. The quantitative estimate of drug-likeness (QED) is 0.613. The van der Waals surface area contributed by atoms with Gasteiger partial charge in [0.1, 0.15) is 5.56 Å². The average Bonchev–Trinajstić information content (AvgIpc) is 3.52. The monoisotopic (exact) mass is 377 g/mol. The molecule has 6 heteroatoms. The van der Waals surface area contributed by atoms with Gasteiger partial charge in [0, 0.05) is 25.0 Å². The molecule has 6 nitrogen and oxygen atoms in total. The van der Waals surface area contributed by atoms with E-state index in [-0.39, 0.29) is 5.56 Å². The maximum atomic E-state index is 12.7. The summed E-state index contributed by atoms with van der Waals surface area (Å²) in [5.41, 5.74) is 10.8. The Kier molecular flexibility index (Phi) is 4.65. The normalized spacial score (nSPS) is 13.6. The Morgan fingerprint density at radius 2 is 1.96 bits per heavy atom. The molecule has 0 aliphatic heterocycles. The summed E-state index contributed by atoms with van der Waals surface area (Å²) >= 11 is 0. The van der Waals surface area contributed by atoms with Crippen molar-refractivity contribution in [3.05, 3.63) is 69.6 Å². The minimum atomic E-state index is -1.18. The number of aromatic carboxylic acids is 1. The molecule has 1 aromatic carbocycles. The maximum absolute atomic E-state index is 12.7. The number of carbonyl (C=O) groups is 1. The number of hydrogen-bond acceptors (Lipinski definition) is 4. The first-order valence-electron chi connectivity index (χ1n) is 9.47. The third-order valence-corrected chi connectivity index (χ3v) is 5.33. The van der Waals surface area contributed by atoms with E-state index in [1.807, 2.05) is 37.3 Å². The van der Waals surface area contributed by atoms with Gasteiger partial charge < -0.3 is 16.2 Å². The molecule has 1 aliphatic rings. The number of nitrogens with zero attached hydrogens (tertiary/aromatic N) is 1. The van der Waals surface area contributed by atoms with E-state index in [0.29, 0.717) is 19.0 Å². The van der Waals surface area contributed by atoms with Gasteiger partial charge in [0.2, 0.25) is 0 Å². The third-order valence-electron chi connectivity index (χ3n) is 5.33. The van der Waals surface area contributed by atoms with Crippen molar-refractivity contribution in [2.75, 3.05) is 18.4 Å². The minimum absolute atomic E-state index is 0.165. The van der Waals surface area contributed by atoms with Crippen LogP contribution in [0.2, 0.25) is 0 Å². The number of rotatable bonds is 6. The molecule has 0 bridgehead atoms. The summed E-state index contributed by atoms with van der Waals surface area (Å²) < 4.78 is 1.49. The predicted molar refractivity (Wildman–Crippen MR) is 110 cm³/mol. The summed E-state index contributed by atoms with van der Waals surface area (Å²) in [5.74, 6) is -0.853. The van der Waals surface area contributed by atoms with Crippen LogP contribution in [0.5, 0.6) is 0 Å². The summed E-state index contributed by atoms with van der Waals surface area (Å²) in [6, 6.07) is 11.6. The molecule has 0 amide bonds. The van der Waals surface area contributed by atoms with Crippen LogP contribution in [0, 0.1) is 6.92 Å². The Bertz CT molecular complexity index is 1110. The molecule has 4 N–H and O–H groups in total. The van der Waals surface area contributed by atoms with E-state index in [2.05, 4.69) is 5.32 Å². The van der Waals surface area contributed by atoms with Crippen LogP contribution < -0.4 is 16.6 Å². The van der Waals surface area contributed by atoms with E-state index in [0.717, 1.165) is 46.3 Å². The number of anilines is 1. The number of aromatic nitrogens is 1. The standard InChI is InChI=1S/C22H23N3O3/c1-13-17(14-4-6-16(7-5-14)24-10-9-23)8-11-25-20(13)18(15-2-3-15)12-19(21(25)26)22(27)28/h4-8,11-12,15,24H,2-3,9-10,23H2,1H3,(H,27,28). The fourth-order valence-corrected chi connectivity index (χ4v) is 3.75. The Balaban J connectivity index is 1.87. The third kappa shape index (κ3) is 3.16. The van der Waals surface area contributed by atoms with Gasteiger partial charge in [0.25, 0.3) is 5.56 Å². The Morgan fingerprint density at radius 3 is 2.57 bits per heavy atom. The average molecular weight is 377 g/mol. The molecule has 1 fully saturated rings. The molecule has 28 heavy (non-hydrogen) atoms. The smallest absolute Gasteiger partial charge is 0.341 e. The summed E-state index contributed by atoms with van der Waals surface area (Å²) in [4.78, 5) is 24.2. The van der Waals surface area contributed by atoms with E-state index in [4.69, 9.17) is 5.73 Å². The van der Waals surface area contributed by atoms with Crippen LogP contribution in [-0.2, 0) is 0 Å². The number of nitrogens with one attached hydrogen (secondary N) is 1. The van der Waals surface area contributed by atoms with Crippen LogP contribution in [0.3, 0.4) is 0 Å². The zero-order valence-corrected chi connectivity index (χ0v) is 15.7. The topological polar surface area (TPSA) is 96.8 Å². The number of carboxylic acids is 1.